The number of piperidine rings is 1. The summed E-state index contributed by atoms with van der Waals surface area (Å²) in [6.45, 7) is 11.3. The molecule has 12 heteroatoms. The fourth-order valence-electron chi connectivity index (χ4n) is 5.25. The number of urea groups is 1. The molecular weight excluding hydrogens is 552 g/mol. The molecule has 1 unspecified atom stereocenters. The first-order valence-electron chi connectivity index (χ1n) is 15.2. The molecule has 1 aromatic rings. The summed E-state index contributed by atoms with van der Waals surface area (Å²) in [5, 5.41) is 2.68. The van der Waals surface area contributed by atoms with Gasteiger partial charge in [0.05, 0.1) is 6.61 Å². The molecule has 43 heavy (non-hydrogen) atoms. The molecule has 0 radical (unpaired) electrons. The van der Waals surface area contributed by atoms with Gasteiger partial charge in [0.25, 0.3) is 5.91 Å². The molecule has 5 amide bonds. The highest BCUT2D eigenvalue weighted by Gasteiger charge is 2.38. The Bertz CT molecular complexity index is 1150. The van der Waals surface area contributed by atoms with Crippen molar-refractivity contribution in [2.75, 3.05) is 26.2 Å². The van der Waals surface area contributed by atoms with Crippen LogP contribution in [-0.2, 0) is 14.3 Å². The summed E-state index contributed by atoms with van der Waals surface area (Å²) in [6.07, 6.45) is 4.12. The summed E-state index contributed by atoms with van der Waals surface area (Å²) in [5.74, 6) is 0.587. The molecule has 2 atom stereocenters. The highest BCUT2D eigenvalue weighted by atomic mass is 16.6. The number of rotatable bonds is 10. The lowest BCUT2D eigenvalue weighted by Crippen LogP contribution is -2.49. The molecule has 0 bridgehead atoms. The van der Waals surface area contributed by atoms with Gasteiger partial charge in [-0.3, -0.25) is 9.59 Å². The standard InChI is InChI=1S/C31H48N6O6/c1-20(2)26(32)35-29(40)36-17-14-21(15-18-36)8-7-19-42-23-12-10-22(11-13-23)25(34-30(41)43-31(3,4)5)28(39)37-16-6-9-24(37)27(33)38/h10-13,20-21,24-25H,6-9,14-19H2,1-5H3,(H2,33,38)(H,34,41)(H2,32,35,40)/t24-,25?/m0/s1. The van der Waals surface area contributed by atoms with E-state index in [-0.39, 0.29) is 11.9 Å². The monoisotopic (exact) mass is 600 g/mol. The molecule has 2 heterocycles. The zero-order chi connectivity index (χ0) is 31.7. The average Bonchev–Trinajstić information content (AvgIpc) is 3.44. The molecule has 2 aliphatic heterocycles. The van der Waals surface area contributed by atoms with E-state index in [2.05, 4.69) is 10.3 Å². The maximum atomic E-state index is 13.5. The van der Waals surface area contributed by atoms with Crippen LogP contribution in [0.3, 0.4) is 0 Å². The van der Waals surface area contributed by atoms with E-state index in [1.165, 1.54) is 4.90 Å². The number of carbonyl (C=O) groups excluding carboxylic acids is 4. The number of carbonyl (C=O) groups is 4. The van der Waals surface area contributed by atoms with Crippen molar-refractivity contribution in [1.82, 2.24) is 15.1 Å². The predicted octanol–water partition coefficient (Wildman–Crippen LogP) is 3.73. The molecular formula is C31H48N6O6. The summed E-state index contributed by atoms with van der Waals surface area (Å²) in [7, 11) is 0. The van der Waals surface area contributed by atoms with Crippen molar-refractivity contribution in [3.05, 3.63) is 29.8 Å². The molecule has 0 saturated carbocycles. The van der Waals surface area contributed by atoms with Crippen LogP contribution in [0.5, 0.6) is 5.75 Å². The number of primary amides is 1. The molecule has 1 aromatic carbocycles. The third kappa shape index (κ3) is 10.1. The number of alkyl carbamates (subject to hydrolysis) is 1. The highest BCUT2D eigenvalue weighted by molar-refractivity contribution is 5.94. The largest absolute Gasteiger partial charge is 0.494 e. The summed E-state index contributed by atoms with van der Waals surface area (Å²) in [6, 6.07) is 4.97. The van der Waals surface area contributed by atoms with Crippen LogP contribution in [0.25, 0.3) is 0 Å². The van der Waals surface area contributed by atoms with Crippen molar-refractivity contribution >= 4 is 29.8 Å². The number of amides is 5. The topological polar surface area (TPSA) is 170 Å². The van der Waals surface area contributed by atoms with Crippen molar-refractivity contribution < 1.29 is 28.7 Å². The lowest BCUT2D eigenvalue weighted by molar-refractivity contribution is -0.139. The van der Waals surface area contributed by atoms with Crippen molar-refractivity contribution in [2.45, 2.75) is 90.8 Å². The number of nitrogens with one attached hydrogen (secondary N) is 1. The molecule has 238 valence electrons. The maximum Gasteiger partial charge on any atom is 0.408 e. The Kier molecular flexibility index (Phi) is 11.8. The van der Waals surface area contributed by atoms with E-state index in [0.29, 0.717) is 62.1 Å². The van der Waals surface area contributed by atoms with Crippen LogP contribution in [0.15, 0.2) is 29.3 Å². The van der Waals surface area contributed by atoms with Crippen molar-refractivity contribution in [1.29, 1.82) is 0 Å². The maximum absolute atomic E-state index is 13.5. The van der Waals surface area contributed by atoms with Gasteiger partial charge in [-0.2, -0.15) is 4.99 Å². The Labute approximate surface area is 254 Å². The van der Waals surface area contributed by atoms with E-state index in [0.717, 1.165) is 25.7 Å². The minimum absolute atomic E-state index is 0.0430. The van der Waals surface area contributed by atoms with E-state index >= 15 is 0 Å². The highest BCUT2D eigenvalue weighted by Crippen LogP contribution is 2.26. The zero-order valence-corrected chi connectivity index (χ0v) is 26.1. The lowest BCUT2D eigenvalue weighted by atomic mass is 9.92. The fraction of sp³-hybridized carbons (Fsp3) is 0.645. The van der Waals surface area contributed by atoms with Crippen LogP contribution < -0.4 is 21.5 Å². The summed E-state index contributed by atoms with van der Waals surface area (Å²) >= 11 is 0. The second kappa shape index (κ2) is 15.1. The van der Waals surface area contributed by atoms with Gasteiger partial charge in [-0.15, -0.1) is 0 Å². The number of likely N-dealkylation sites (tertiary alicyclic amines) is 2. The Balaban J connectivity index is 1.53. The molecule has 3 rings (SSSR count). The van der Waals surface area contributed by atoms with Gasteiger partial charge in [-0.05, 0) is 82.9 Å². The number of ether oxygens (including phenoxy) is 2. The number of nitrogens with two attached hydrogens (primary N) is 2. The second-order valence-corrected chi connectivity index (χ2v) is 12.6. The number of amidine groups is 1. The Hall–Kier alpha value is -3.83. The van der Waals surface area contributed by atoms with Gasteiger partial charge in [0.1, 0.15) is 29.3 Å². The van der Waals surface area contributed by atoms with Crippen LogP contribution in [0, 0.1) is 11.8 Å². The Morgan fingerprint density at radius 3 is 2.26 bits per heavy atom. The molecule has 0 aromatic heterocycles. The fourth-order valence-corrected chi connectivity index (χ4v) is 5.25. The quantitative estimate of drug-likeness (QED) is 0.209. The first-order valence-corrected chi connectivity index (χ1v) is 15.2. The van der Waals surface area contributed by atoms with Crippen molar-refractivity contribution in [3.63, 3.8) is 0 Å². The van der Waals surface area contributed by atoms with E-state index < -0.39 is 35.6 Å². The van der Waals surface area contributed by atoms with Crippen LogP contribution in [0.4, 0.5) is 9.59 Å². The first kappa shape index (κ1) is 33.7. The van der Waals surface area contributed by atoms with Gasteiger partial charge in [0.2, 0.25) is 5.91 Å². The minimum atomic E-state index is -1.05. The Morgan fingerprint density at radius 2 is 1.67 bits per heavy atom. The van der Waals surface area contributed by atoms with Gasteiger partial charge < -0.3 is 36.1 Å². The smallest absolute Gasteiger partial charge is 0.408 e. The van der Waals surface area contributed by atoms with Crippen molar-refractivity contribution in [2.24, 2.45) is 28.3 Å². The lowest BCUT2D eigenvalue weighted by Gasteiger charge is -2.30. The van der Waals surface area contributed by atoms with Crippen LogP contribution >= 0.6 is 0 Å². The van der Waals surface area contributed by atoms with Gasteiger partial charge in [0.15, 0.2) is 0 Å². The van der Waals surface area contributed by atoms with Crippen LogP contribution in [0.2, 0.25) is 0 Å². The Morgan fingerprint density at radius 1 is 1.02 bits per heavy atom. The first-order chi connectivity index (χ1) is 20.2. The zero-order valence-electron chi connectivity index (χ0n) is 26.1. The SMILES string of the molecule is CC(C)C(N)=NC(=O)N1CCC(CCCOc2ccc(C(NC(=O)OC(C)(C)C)C(=O)N3CCC[C@H]3C(N)=O)cc2)CC1. The third-order valence-electron chi connectivity index (χ3n) is 7.71. The third-order valence-corrected chi connectivity index (χ3v) is 7.71. The molecule has 5 N–H and O–H groups in total. The average molecular weight is 601 g/mol. The number of benzene rings is 1. The summed E-state index contributed by atoms with van der Waals surface area (Å²) < 4.78 is 11.3. The van der Waals surface area contributed by atoms with E-state index in [1.807, 2.05) is 13.8 Å². The molecule has 2 saturated heterocycles. The summed E-state index contributed by atoms with van der Waals surface area (Å²) in [4.78, 5) is 57.6. The predicted molar refractivity (Wildman–Crippen MR) is 163 cm³/mol. The normalized spacial score (nSPS) is 18.8. The van der Waals surface area contributed by atoms with Gasteiger partial charge in [-0.1, -0.05) is 26.0 Å². The number of hydrogen-bond acceptors (Lipinski definition) is 6. The van der Waals surface area contributed by atoms with Gasteiger partial charge in [0, 0.05) is 25.6 Å². The van der Waals surface area contributed by atoms with E-state index in [1.54, 1.807) is 49.9 Å². The molecule has 2 aliphatic rings. The number of nitrogens with zero attached hydrogens (tertiary/aromatic N) is 3. The number of hydrogen-bond donors (Lipinski definition) is 3. The van der Waals surface area contributed by atoms with Gasteiger partial charge >= 0.3 is 12.1 Å². The van der Waals surface area contributed by atoms with E-state index in [4.69, 9.17) is 20.9 Å². The van der Waals surface area contributed by atoms with Crippen LogP contribution in [-0.4, -0.2) is 77.5 Å². The van der Waals surface area contributed by atoms with Crippen molar-refractivity contribution in [3.8, 4) is 5.75 Å². The second-order valence-electron chi connectivity index (χ2n) is 12.6. The molecule has 0 spiro atoms. The summed E-state index contributed by atoms with van der Waals surface area (Å²) in [5.41, 5.74) is 11.2. The van der Waals surface area contributed by atoms with E-state index in [9.17, 15) is 19.2 Å². The number of aliphatic imine (C=N–C) groups is 1. The molecule has 0 aliphatic carbocycles. The minimum Gasteiger partial charge on any atom is -0.494 e. The molecule has 2 fully saturated rings. The van der Waals surface area contributed by atoms with Crippen LogP contribution in [0.1, 0.15) is 84.7 Å². The van der Waals surface area contributed by atoms with Gasteiger partial charge in [-0.25, -0.2) is 9.59 Å². The molecule has 12 nitrogen and oxygen atoms in total.